The molecule has 0 aliphatic carbocycles. The van der Waals surface area contributed by atoms with Gasteiger partial charge in [-0.05, 0) is 6.42 Å². The third kappa shape index (κ3) is 13.1. The molecule has 0 aromatic carbocycles. The number of hydrogen-bond donors (Lipinski definition) is 0. The maximum Gasteiger partial charge on any atom is 0.305 e. The Morgan fingerprint density at radius 1 is 0.864 bits per heavy atom. The molecule has 0 bridgehead atoms. The standard InChI is InChI=1S/C19H36O3/c1-2-3-4-5-6-7-8-9-10-11-12-13-14-15-19(20)22-17-18-16-21-18/h18H,2-17H2,1H3/t18-/m1/s1. The van der Waals surface area contributed by atoms with Gasteiger partial charge in [0.15, 0.2) is 0 Å². The summed E-state index contributed by atoms with van der Waals surface area (Å²) in [7, 11) is 0. The van der Waals surface area contributed by atoms with Crippen molar-refractivity contribution in [3.8, 4) is 0 Å². The maximum absolute atomic E-state index is 11.4. The average Bonchev–Trinajstić information content (AvgIpc) is 3.34. The first kappa shape index (κ1) is 19.5. The van der Waals surface area contributed by atoms with Crippen LogP contribution in [-0.4, -0.2) is 25.3 Å². The molecular formula is C19H36O3. The van der Waals surface area contributed by atoms with Crippen LogP contribution in [0.2, 0.25) is 0 Å². The third-order valence-corrected chi connectivity index (χ3v) is 4.32. The first-order valence-corrected chi connectivity index (χ1v) is 9.60. The first-order chi connectivity index (χ1) is 10.8. The zero-order valence-electron chi connectivity index (χ0n) is 14.6. The van der Waals surface area contributed by atoms with Crippen molar-refractivity contribution in [3.63, 3.8) is 0 Å². The van der Waals surface area contributed by atoms with Gasteiger partial charge in [0.05, 0.1) is 6.61 Å². The molecule has 130 valence electrons. The molecule has 0 radical (unpaired) electrons. The van der Waals surface area contributed by atoms with E-state index >= 15 is 0 Å². The molecule has 0 spiro atoms. The third-order valence-electron chi connectivity index (χ3n) is 4.32. The Morgan fingerprint density at radius 2 is 1.32 bits per heavy atom. The normalized spacial score (nSPS) is 16.7. The van der Waals surface area contributed by atoms with Gasteiger partial charge in [-0.1, -0.05) is 84.0 Å². The fourth-order valence-corrected chi connectivity index (χ4v) is 2.71. The number of rotatable bonds is 16. The largest absolute Gasteiger partial charge is 0.463 e. The van der Waals surface area contributed by atoms with Gasteiger partial charge < -0.3 is 9.47 Å². The zero-order valence-corrected chi connectivity index (χ0v) is 14.6. The van der Waals surface area contributed by atoms with Crippen LogP contribution < -0.4 is 0 Å². The molecule has 22 heavy (non-hydrogen) atoms. The zero-order chi connectivity index (χ0) is 15.9. The van der Waals surface area contributed by atoms with Gasteiger partial charge in [0.2, 0.25) is 0 Å². The molecule has 0 amide bonds. The van der Waals surface area contributed by atoms with Crippen LogP contribution in [0, 0.1) is 0 Å². The molecule has 1 aliphatic rings. The summed E-state index contributed by atoms with van der Waals surface area (Å²) in [6.45, 7) is 3.48. The number of hydrogen-bond acceptors (Lipinski definition) is 3. The van der Waals surface area contributed by atoms with E-state index in [2.05, 4.69) is 6.92 Å². The van der Waals surface area contributed by atoms with Crippen LogP contribution >= 0.6 is 0 Å². The first-order valence-electron chi connectivity index (χ1n) is 9.60. The number of esters is 1. The molecule has 0 aromatic heterocycles. The highest BCUT2D eigenvalue weighted by molar-refractivity contribution is 5.69. The Balaban J connectivity index is 1.68. The Morgan fingerprint density at radius 3 is 1.77 bits per heavy atom. The highest BCUT2D eigenvalue weighted by Crippen LogP contribution is 2.13. The van der Waals surface area contributed by atoms with Crippen LogP contribution in [0.15, 0.2) is 0 Å². The van der Waals surface area contributed by atoms with Crippen molar-refractivity contribution in [1.29, 1.82) is 0 Å². The van der Waals surface area contributed by atoms with E-state index in [0.717, 1.165) is 19.4 Å². The molecule has 0 aromatic rings. The SMILES string of the molecule is CCCCCCCCCCCCCCCC(=O)OC[C@H]1CO1. The van der Waals surface area contributed by atoms with Crippen molar-refractivity contribution >= 4 is 5.97 Å². The van der Waals surface area contributed by atoms with Gasteiger partial charge in [0.25, 0.3) is 0 Å². The highest BCUT2D eigenvalue weighted by atomic mass is 16.6. The highest BCUT2D eigenvalue weighted by Gasteiger charge is 2.23. The Kier molecular flexibility index (Phi) is 12.4. The van der Waals surface area contributed by atoms with E-state index in [1.807, 2.05) is 0 Å². The lowest BCUT2D eigenvalue weighted by atomic mass is 10.0. The molecule has 1 rings (SSSR count). The van der Waals surface area contributed by atoms with Gasteiger partial charge in [-0.15, -0.1) is 0 Å². The smallest absolute Gasteiger partial charge is 0.305 e. The van der Waals surface area contributed by atoms with Crippen LogP contribution in [0.3, 0.4) is 0 Å². The Hall–Kier alpha value is -0.570. The topological polar surface area (TPSA) is 38.8 Å². The summed E-state index contributed by atoms with van der Waals surface area (Å²) in [5.41, 5.74) is 0. The van der Waals surface area contributed by atoms with Gasteiger partial charge in [-0.25, -0.2) is 0 Å². The van der Waals surface area contributed by atoms with Crippen LogP contribution in [-0.2, 0) is 14.3 Å². The van der Waals surface area contributed by atoms with Crippen LogP contribution in [0.5, 0.6) is 0 Å². The van der Waals surface area contributed by atoms with E-state index in [0.29, 0.717) is 13.0 Å². The molecule has 0 saturated carbocycles. The summed E-state index contributed by atoms with van der Waals surface area (Å²) < 4.78 is 10.1. The lowest BCUT2D eigenvalue weighted by Crippen LogP contribution is -2.09. The summed E-state index contributed by atoms with van der Waals surface area (Å²) in [5, 5.41) is 0. The van der Waals surface area contributed by atoms with Crippen molar-refractivity contribution in [3.05, 3.63) is 0 Å². The fourth-order valence-electron chi connectivity index (χ4n) is 2.71. The molecule has 1 fully saturated rings. The summed E-state index contributed by atoms with van der Waals surface area (Å²) in [6, 6.07) is 0. The number of carbonyl (C=O) groups is 1. The lowest BCUT2D eigenvalue weighted by Gasteiger charge is -2.04. The molecule has 3 nitrogen and oxygen atoms in total. The van der Waals surface area contributed by atoms with Crippen molar-refractivity contribution < 1.29 is 14.3 Å². The van der Waals surface area contributed by atoms with E-state index in [1.54, 1.807) is 0 Å². The average molecular weight is 312 g/mol. The molecule has 1 saturated heterocycles. The summed E-state index contributed by atoms with van der Waals surface area (Å²) in [5.74, 6) is -0.0569. The number of unbranched alkanes of at least 4 members (excludes halogenated alkanes) is 12. The van der Waals surface area contributed by atoms with Crippen LogP contribution in [0.25, 0.3) is 0 Å². The van der Waals surface area contributed by atoms with Crippen LogP contribution in [0.1, 0.15) is 96.8 Å². The second-order valence-electron chi connectivity index (χ2n) is 6.63. The van der Waals surface area contributed by atoms with Gasteiger partial charge in [-0.3, -0.25) is 4.79 Å². The monoisotopic (exact) mass is 312 g/mol. The second-order valence-corrected chi connectivity index (χ2v) is 6.63. The number of epoxide rings is 1. The van der Waals surface area contributed by atoms with E-state index in [9.17, 15) is 4.79 Å². The minimum atomic E-state index is -0.0569. The van der Waals surface area contributed by atoms with E-state index in [1.165, 1.54) is 70.6 Å². The Bertz CT molecular complexity index is 261. The predicted octanol–water partition coefficient (Wildman–Crippen LogP) is 5.41. The van der Waals surface area contributed by atoms with Gasteiger partial charge in [0.1, 0.15) is 12.7 Å². The van der Waals surface area contributed by atoms with Gasteiger partial charge in [-0.2, -0.15) is 0 Å². The minimum absolute atomic E-state index is 0.0569. The molecule has 3 heteroatoms. The van der Waals surface area contributed by atoms with Crippen molar-refractivity contribution in [2.75, 3.05) is 13.2 Å². The second kappa shape index (κ2) is 14.0. The predicted molar refractivity (Wildman–Crippen MR) is 91.0 cm³/mol. The fraction of sp³-hybridized carbons (Fsp3) is 0.947. The van der Waals surface area contributed by atoms with Gasteiger partial charge in [0, 0.05) is 6.42 Å². The van der Waals surface area contributed by atoms with E-state index in [4.69, 9.17) is 9.47 Å². The van der Waals surface area contributed by atoms with Crippen LogP contribution in [0.4, 0.5) is 0 Å². The number of ether oxygens (including phenoxy) is 2. The summed E-state index contributed by atoms with van der Waals surface area (Å²) in [6.07, 6.45) is 18.1. The maximum atomic E-state index is 11.4. The summed E-state index contributed by atoms with van der Waals surface area (Å²) >= 11 is 0. The van der Waals surface area contributed by atoms with Crippen molar-refractivity contribution in [2.45, 2.75) is 103 Å². The molecule has 0 unspecified atom stereocenters. The molecular weight excluding hydrogens is 276 g/mol. The molecule has 1 heterocycles. The molecule has 1 atom stereocenters. The molecule has 0 N–H and O–H groups in total. The Labute approximate surface area is 137 Å². The number of carbonyl (C=O) groups excluding carboxylic acids is 1. The van der Waals surface area contributed by atoms with E-state index < -0.39 is 0 Å². The van der Waals surface area contributed by atoms with Crippen molar-refractivity contribution in [1.82, 2.24) is 0 Å². The van der Waals surface area contributed by atoms with E-state index in [-0.39, 0.29) is 12.1 Å². The van der Waals surface area contributed by atoms with Crippen molar-refractivity contribution in [2.24, 2.45) is 0 Å². The minimum Gasteiger partial charge on any atom is -0.463 e. The quantitative estimate of drug-likeness (QED) is 0.217. The van der Waals surface area contributed by atoms with Gasteiger partial charge >= 0.3 is 5.97 Å². The lowest BCUT2D eigenvalue weighted by molar-refractivity contribution is -0.144. The molecule has 1 aliphatic heterocycles. The summed E-state index contributed by atoms with van der Waals surface area (Å²) in [4.78, 5) is 11.4.